The number of amides is 1. The van der Waals surface area contributed by atoms with Crippen LogP contribution in [0.2, 0.25) is 0 Å². The van der Waals surface area contributed by atoms with Crippen molar-refractivity contribution in [3.05, 3.63) is 51.5 Å². The minimum Gasteiger partial charge on any atom is -0.380 e. The smallest absolute Gasteiger partial charge is 0.230 e. The maximum absolute atomic E-state index is 14.0. The first kappa shape index (κ1) is 19.4. The molecule has 150 valence electrons. The maximum Gasteiger partial charge on any atom is 0.230 e. The zero-order valence-electron chi connectivity index (χ0n) is 15.7. The first-order valence-electron chi connectivity index (χ1n) is 9.40. The van der Waals surface area contributed by atoms with Gasteiger partial charge in [-0.25, -0.2) is 13.8 Å². The summed E-state index contributed by atoms with van der Waals surface area (Å²) in [5.74, 6) is -1.60. The van der Waals surface area contributed by atoms with Gasteiger partial charge in [0, 0.05) is 49.0 Å². The molecule has 0 unspecified atom stereocenters. The molecule has 0 saturated carbocycles. The number of carbonyl (C=O) groups is 1. The average molecular weight is 407 g/mol. The highest BCUT2D eigenvalue weighted by Crippen LogP contribution is 2.42. The molecule has 28 heavy (non-hydrogen) atoms. The number of fused-ring (bicyclic) bond motifs is 1. The summed E-state index contributed by atoms with van der Waals surface area (Å²) in [6, 6.07) is 4.22. The van der Waals surface area contributed by atoms with Gasteiger partial charge in [-0.1, -0.05) is 12.1 Å². The van der Waals surface area contributed by atoms with E-state index < -0.39 is 17.0 Å². The summed E-state index contributed by atoms with van der Waals surface area (Å²) in [4.78, 5) is 20.4. The van der Waals surface area contributed by atoms with Crippen molar-refractivity contribution in [1.82, 2.24) is 15.2 Å². The minimum atomic E-state index is -0.842. The number of nitrogens with one attached hydrogen (secondary N) is 1. The van der Waals surface area contributed by atoms with Crippen LogP contribution in [0.1, 0.15) is 16.1 Å². The van der Waals surface area contributed by atoms with Gasteiger partial charge >= 0.3 is 0 Å². The van der Waals surface area contributed by atoms with Crippen molar-refractivity contribution in [3.8, 4) is 0 Å². The third-order valence-corrected chi connectivity index (χ3v) is 6.80. The van der Waals surface area contributed by atoms with Crippen LogP contribution < -0.4 is 5.32 Å². The number of nitrogens with zero attached hydrogens (tertiary/aromatic N) is 2. The van der Waals surface area contributed by atoms with Gasteiger partial charge in [0.05, 0.1) is 29.8 Å². The highest BCUT2D eigenvalue weighted by atomic mass is 32.1. The SMILES string of the molecule is Cc1ncsc1CCNC(=O)[C@]12COC[C@H]1CN(Cc1cccc(F)c1F)C2. The molecule has 5 nitrogen and oxygen atoms in total. The van der Waals surface area contributed by atoms with Gasteiger partial charge in [-0.2, -0.15) is 0 Å². The van der Waals surface area contributed by atoms with Crippen molar-refractivity contribution in [3.63, 3.8) is 0 Å². The number of halogens is 2. The summed E-state index contributed by atoms with van der Waals surface area (Å²) in [6.45, 7) is 4.81. The average Bonchev–Trinajstić information content (AvgIpc) is 3.34. The molecule has 8 heteroatoms. The maximum atomic E-state index is 14.0. The second-order valence-electron chi connectivity index (χ2n) is 7.62. The van der Waals surface area contributed by atoms with Crippen molar-refractivity contribution < 1.29 is 18.3 Å². The van der Waals surface area contributed by atoms with Crippen LogP contribution in [0, 0.1) is 29.9 Å². The van der Waals surface area contributed by atoms with Crippen LogP contribution in [0.4, 0.5) is 8.78 Å². The Hall–Kier alpha value is -1.90. The Balaban J connectivity index is 1.40. The first-order valence-corrected chi connectivity index (χ1v) is 10.3. The number of likely N-dealkylation sites (tertiary alicyclic amines) is 1. The van der Waals surface area contributed by atoms with E-state index in [4.69, 9.17) is 4.74 Å². The third kappa shape index (κ3) is 3.56. The van der Waals surface area contributed by atoms with E-state index in [1.54, 1.807) is 17.4 Å². The molecule has 1 aromatic heterocycles. The zero-order valence-corrected chi connectivity index (χ0v) is 16.5. The lowest BCUT2D eigenvalue weighted by molar-refractivity contribution is -0.131. The molecule has 0 aliphatic carbocycles. The van der Waals surface area contributed by atoms with Gasteiger partial charge in [-0.15, -0.1) is 11.3 Å². The van der Waals surface area contributed by atoms with Crippen LogP contribution in [-0.4, -0.2) is 48.6 Å². The number of thiazole rings is 1. The fraction of sp³-hybridized carbons (Fsp3) is 0.500. The lowest BCUT2D eigenvalue weighted by atomic mass is 9.80. The van der Waals surface area contributed by atoms with Gasteiger partial charge in [-0.05, 0) is 13.0 Å². The molecule has 3 heterocycles. The van der Waals surface area contributed by atoms with Crippen LogP contribution in [0.15, 0.2) is 23.7 Å². The number of ether oxygens (including phenoxy) is 1. The summed E-state index contributed by atoms with van der Waals surface area (Å²) < 4.78 is 33.1. The van der Waals surface area contributed by atoms with Crippen molar-refractivity contribution in [2.45, 2.75) is 19.9 Å². The van der Waals surface area contributed by atoms with E-state index in [0.717, 1.165) is 18.2 Å². The predicted molar refractivity (Wildman–Crippen MR) is 102 cm³/mol. The van der Waals surface area contributed by atoms with Crippen molar-refractivity contribution >= 4 is 17.2 Å². The zero-order chi connectivity index (χ0) is 19.7. The Morgan fingerprint density at radius 1 is 1.46 bits per heavy atom. The van der Waals surface area contributed by atoms with Gasteiger partial charge < -0.3 is 10.1 Å². The topological polar surface area (TPSA) is 54.5 Å². The molecule has 4 rings (SSSR count). The molecule has 0 bridgehead atoms. The van der Waals surface area contributed by atoms with Crippen LogP contribution in [0.3, 0.4) is 0 Å². The van der Waals surface area contributed by atoms with Crippen LogP contribution >= 0.6 is 11.3 Å². The standard InChI is InChI=1S/C20H23F2N3O2S/c1-13-17(28-12-24-13)5-6-23-19(26)20-10-25(8-15(20)9-27-11-20)7-14-3-2-4-16(21)18(14)22/h2-4,12,15H,5-11H2,1H3,(H,23,26)/t15-,20-/m1/s1. The number of carbonyl (C=O) groups excluding carboxylic acids is 1. The minimum absolute atomic E-state index is 0.0145. The highest BCUT2D eigenvalue weighted by Gasteiger charge is 2.55. The quantitative estimate of drug-likeness (QED) is 0.800. The van der Waals surface area contributed by atoms with Gasteiger partial charge in [0.25, 0.3) is 0 Å². The van der Waals surface area contributed by atoms with Crippen molar-refractivity contribution in [2.75, 3.05) is 32.8 Å². The molecule has 1 amide bonds. The monoisotopic (exact) mass is 407 g/mol. The number of rotatable bonds is 6. The number of hydrogen-bond donors (Lipinski definition) is 1. The lowest BCUT2D eigenvalue weighted by Gasteiger charge is -2.26. The van der Waals surface area contributed by atoms with E-state index in [9.17, 15) is 13.6 Å². The van der Waals surface area contributed by atoms with E-state index >= 15 is 0 Å². The molecule has 2 fully saturated rings. The molecule has 0 radical (unpaired) electrons. The molecule has 2 aliphatic heterocycles. The molecule has 1 N–H and O–H groups in total. The molecule has 0 spiro atoms. The predicted octanol–water partition coefficient (Wildman–Crippen LogP) is 2.54. The highest BCUT2D eigenvalue weighted by molar-refractivity contribution is 7.09. The Labute approximate surface area is 166 Å². The van der Waals surface area contributed by atoms with Crippen LogP contribution in [0.25, 0.3) is 0 Å². The van der Waals surface area contributed by atoms with Gasteiger partial charge in [0.15, 0.2) is 11.6 Å². The fourth-order valence-corrected chi connectivity index (χ4v) is 5.01. The first-order chi connectivity index (χ1) is 13.5. The molecule has 1 aromatic carbocycles. The van der Waals surface area contributed by atoms with Crippen LogP contribution in [0.5, 0.6) is 0 Å². The molecular weight excluding hydrogens is 384 g/mol. The Morgan fingerprint density at radius 3 is 3.11 bits per heavy atom. The van der Waals surface area contributed by atoms with Gasteiger partial charge in [-0.3, -0.25) is 9.69 Å². The number of hydrogen-bond acceptors (Lipinski definition) is 5. The van der Waals surface area contributed by atoms with Gasteiger partial charge in [0.2, 0.25) is 5.91 Å². The summed E-state index contributed by atoms with van der Waals surface area (Å²) in [5.41, 5.74) is 2.51. The molecular formula is C20H23F2N3O2S. The number of benzene rings is 1. The second kappa shape index (κ2) is 7.85. The molecule has 2 aliphatic rings. The second-order valence-corrected chi connectivity index (χ2v) is 8.56. The summed E-state index contributed by atoms with van der Waals surface area (Å²) in [6.07, 6.45) is 0.752. The summed E-state index contributed by atoms with van der Waals surface area (Å²) in [5, 5.41) is 3.06. The third-order valence-electron chi connectivity index (χ3n) is 5.80. The largest absolute Gasteiger partial charge is 0.380 e. The molecule has 2 atom stereocenters. The van der Waals surface area contributed by atoms with E-state index in [0.29, 0.717) is 38.4 Å². The summed E-state index contributed by atoms with van der Waals surface area (Å²) in [7, 11) is 0. The Bertz CT molecular complexity index is 875. The van der Waals surface area contributed by atoms with E-state index in [1.807, 2.05) is 17.3 Å². The molecule has 2 saturated heterocycles. The van der Waals surface area contributed by atoms with E-state index in [-0.39, 0.29) is 18.4 Å². The Kier molecular flexibility index (Phi) is 5.44. The van der Waals surface area contributed by atoms with Gasteiger partial charge in [0.1, 0.15) is 0 Å². The van der Waals surface area contributed by atoms with Crippen molar-refractivity contribution in [2.24, 2.45) is 11.3 Å². The van der Waals surface area contributed by atoms with E-state index in [1.165, 1.54) is 10.9 Å². The fourth-order valence-electron chi connectivity index (χ4n) is 4.22. The normalized spacial score (nSPS) is 24.5. The molecule has 2 aromatic rings. The Morgan fingerprint density at radius 2 is 2.32 bits per heavy atom. The van der Waals surface area contributed by atoms with E-state index in [2.05, 4.69) is 10.3 Å². The van der Waals surface area contributed by atoms with Crippen LogP contribution in [-0.2, 0) is 22.5 Å². The number of aromatic nitrogens is 1. The summed E-state index contributed by atoms with van der Waals surface area (Å²) >= 11 is 1.59. The van der Waals surface area contributed by atoms with Crippen molar-refractivity contribution in [1.29, 1.82) is 0 Å². The number of aryl methyl sites for hydroxylation is 1. The lowest BCUT2D eigenvalue weighted by Crippen LogP contribution is -2.47.